The maximum Gasteiger partial charge on any atom is -0.0398 e. The van der Waals surface area contributed by atoms with Gasteiger partial charge in [0.05, 0.1) is 0 Å². The molecule has 0 N–H and O–H groups in total. The molecule has 0 saturated heterocycles. The molecule has 0 amide bonds. The Morgan fingerprint density at radius 1 is 1.17 bits per heavy atom. The molecule has 0 rings (SSSR count). The third-order valence-electron chi connectivity index (χ3n) is 0.904. The lowest BCUT2D eigenvalue weighted by Crippen LogP contribution is -1.68. The molecule has 0 aliphatic rings. The van der Waals surface area contributed by atoms with Crippen LogP contribution in [-0.4, -0.2) is 0 Å². The van der Waals surface area contributed by atoms with E-state index in [4.69, 9.17) is 0 Å². The highest BCUT2D eigenvalue weighted by atomic mass is 13.8. The van der Waals surface area contributed by atoms with Gasteiger partial charge in [-0.2, -0.15) is 0 Å². The zero-order chi connectivity index (χ0) is 9.28. The average Bonchev–Trinajstić information content (AvgIpc) is 1.91. The molecular weight excluding hydrogens is 144 g/mol. The molecule has 12 heavy (non-hydrogen) atoms. The van der Waals surface area contributed by atoms with Gasteiger partial charge in [-0.1, -0.05) is 57.2 Å². The summed E-state index contributed by atoms with van der Waals surface area (Å²) in [4.78, 5) is 0. The Morgan fingerprint density at radius 2 is 1.58 bits per heavy atom. The van der Waals surface area contributed by atoms with Crippen LogP contribution in [0, 0.1) is 0 Å². The summed E-state index contributed by atoms with van der Waals surface area (Å²) in [5.74, 6) is 0. The minimum atomic E-state index is 0. The van der Waals surface area contributed by atoms with Gasteiger partial charge in [0.15, 0.2) is 0 Å². The maximum atomic E-state index is 3.77. The van der Waals surface area contributed by atoms with Gasteiger partial charge in [0, 0.05) is 0 Å². The summed E-state index contributed by atoms with van der Waals surface area (Å²) in [6.07, 6.45) is 6.14. The van der Waals surface area contributed by atoms with E-state index in [1.165, 1.54) is 5.57 Å². The topological polar surface area (TPSA) is 0 Å². The monoisotopic (exact) mass is 168 g/mol. The van der Waals surface area contributed by atoms with Gasteiger partial charge in [0.25, 0.3) is 0 Å². The zero-order valence-corrected chi connectivity index (χ0v) is 8.44. The second-order valence-electron chi connectivity index (χ2n) is 2.23. The van der Waals surface area contributed by atoms with Gasteiger partial charge in [0.2, 0.25) is 0 Å². The fourth-order valence-electron chi connectivity index (χ4n) is 0.700. The van der Waals surface area contributed by atoms with Crippen molar-refractivity contribution >= 4 is 0 Å². The van der Waals surface area contributed by atoms with Crippen LogP contribution in [0.25, 0.3) is 0 Å². The molecule has 0 nitrogen and oxygen atoms in total. The third kappa shape index (κ3) is 16.1. The number of rotatable bonds is 2. The summed E-state index contributed by atoms with van der Waals surface area (Å²) in [6, 6.07) is 0. The van der Waals surface area contributed by atoms with Gasteiger partial charge >= 0.3 is 0 Å². The van der Waals surface area contributed by atoms with Gasteiger partial charge in [-0.05, 0) is 20.8 Å². The Morgan fingerprint density at radius 3 is 1.83 bits per heavy atom. The van der Waals surface area contributed by atoms with Crippen LogP contribution in [0.1, 0.15) is 42.0 Å². The van der Waals surface area contributed by atoms with Crippen molar-refractivity contribution in [2.24, 2.45) is 0 Å². The minimum Gasteiger partial charge on any atom is -0.0961 e. The first-order valence-electron chi connectivity index (χ1n) is 4.13. The van der Waals surface area contributed by atoms with Crippen LogP contribution in [0.2, 0.25) is 0 Å². The van der Waals surface area contributed by atoms with Crippen molar-refractivity contribution < 1.29 is 0 Å². The van der Waals surface area contributed by atoms with Crippen LogP contribution < -0.4 is 0 Å². The highest BCUT2D eigenvalue weighted by Gasteiger charge is 1.78. The zero-order valence-electron chi connectivity index (χ0n) is 8.44. The Kier molecular flexibility index (Phi) is 18.6. The van der Waals surface area contributed by atoms with Gasteiger partial charge < -0.3 is 0 Å². The Labute approximate surface area is 78.7 Å². The molecule has 0 radical (unpaired) electrons. The molecule has 0 heteroatoms. The minimum absolute atomic E-state index is 0. The van der Waals surface area contributed by atoms with Crippen LogP contribution in [-0.2, 0) is 0 Å². The van der Waals surface area contributed by atoms with Crippen molar-refractivity contribution in [3.8, 4) is 0 Å². The summed E-state index contributed by atoms with van der Waals surface area (Å²) in [6.45, 7) is 13.8. The Balaban J connectivity index is -0.000000249. The number of allylic oxidation sites excluding steroid dienone is 5. The van der Waals surface area contributed by atoms with E-state index >= 15 is 0 Å². The standard InChI is InChI=1S/C9H14.C2H6.CH4/c1-5-6-9(4)7-8(2)3;1-2;/h5-7H,2H2,1,3-4H3;1-2H3;1H4/b6-5-,9-7-;;. The fourth-order valence-corrected chi connectivity index (χ4v) is 0.700. The molecule has 0 fully saturated rings. The molecule has 0 atom stereocenters. The molecule has 0 saturated carbocycles. The van der Waals surface area contributed by atoms with Crippen molar-refractivity contribution in [1.29, 1.82) is 0 Å². The average molecular weight is 168 g/mol. The van der Waals surface area contributed by atoms with Crippen LogP contribution >= 0.6 is 0 Å². The van der Waals surface area contributed by atoms with Crippen molar-refractivity contribution in [1.82, 2.24) is 0 Å². The molecule has 0 aromatic rings. The Bertz CT molecular complexity index is 147. The summed E-state index contributed by atoms with van der Waals surface area (Å²) < 4.78 is 0. The van der Waals surface area contributed by atoms with E-state index in [2.05, 4.69) is 25.7 Å². The van der Waals surface area contributed by atoms with Crippen molar-refractivity contribution in [3.63, 3.8) is 0 Å². The SMILES string of the molecule is C.C=C(C)/C=C(C)\C=C/C.CC. The lowest BCUT2D eigenvalue weighted by molar-refractivity contribution is 1.44. The van der Waals surface area contributed by atoms with Crippen LogP contribution in [0.4, 0.5) is 0 Å². The lowest BCUT2D eigenvalue weighted by Gasteiger charge is -1.89. The molecule has 0 spiro atoms. The predicted molar refractivity (Wildman–Crippen MR) is 61.5 cm³/mol. The van der Waals surface area contributed by atoms with Crippen LogP contribution in [0.15, 0.2) is 36.0 Å². The molecule has 0 bridgehead atoms. The van der Waals surface area contributed by atoms with Crippen molar-refractivity contribution in [3.05, 3.63) is 36.0 Å². The Hall–Kier alpha value is -0.780. The van der Waals surface area contributed by atoms with Gasteiger partial charge in [0.1, 0.15) is 0 Å². The fraction of sp³-hybridized carbons (Fsp3) is 0.500. The van der Waals surface area contributed by atoms with Gasteiger partial charge in [-0.25, -0.2) is 0 Å². The highest BCUT2D eigenvalue weighted by Crippen LogP contribution is 1.99. The van der Waals surface area contributed by atoms with E-state index in [1.807, 2.05) is 33.8 Å². The first-order chi connectivity index (χ1) is 5.16. The highest BCUT2D eigenvalue weighted by molar-refractivity contribution is 5.24. The number of hydrogen-bond donors (Lipinski definition) is 0. The maximum absolute atomic E-state index is 3.77. The lowest BCUT2D eigenvalue weighted by atomic mass is 10.2. The first-order valence-corrected chi connectivity index (χ1v) is 4.13. The van der Waals surface area contributed by atoms with Crippen LogP contribution in [0.5, 0.6) is 0 Å². The summed E-state index contributed by atoms with van der Waals surface area (Å²) in [5, 5.41) is 0. The molecule has 0 aliphatic carbocycles. The summed E-state index contributed by atoms with van der Waals surface area (Å²) in [5.41, 5.74) is 2.36. The van der Waals surface area contributed by atoms with E-state index in [1.54, 1.807) is 0 Å². The van der Waals surface area contributed by atoms with E-state index in [0.29, 0.717) is 0 Å². The van der Waals surface area contributed by atoms with Crippen LogP contribution in [0.3, 0.4) is 0 Å². The first kappa shape index (κ1) is 17.3. The normalized spacial score (nSPS) is 9.92. The predicted octanol–water partition coefficient (Wildman–Crippen LogP) is 4.75. The van der Waals surface area contributed by atoms with Gasteiger partial charge in [-0.3, -0.25) is 0 Å². The van der Waals surface area contributed by atoms with E-state index in [0.717, 1.165) is 5.57 Å². The second kappa shape index (κ2) is 12.9. The van der Waals surface area contributed by atoms with Crippen molar-refractivity contribution in [2.75, 3.05) is 0 Å². The van der Waals surface area contributed by atoms with Gasteiger partial charge in [-0.15, -0.1) is 0 Å². The van der Waals surface area contributed by atoms with E-state index in [-0.39, 0.29) is 7.43 Å². The largest absolute Gasteiger partial charge is 0.0961 e. The summed E-state index contributed by atoms with van der Waals surface area (Å²) >= 11 is 0. The number of hydrogen-bond acceptors (Lipinski definition) is 0. The molecule has 72 valence electrons. The molecule has 0 aromatic heterocycles. The molecule has 0 aromatic carbocycles. The summed E-state index contributed by atoms with van der Waals surface area (Å²) in [7, 11) is 0. The second-order valence-corrected chi connectivity index (χ2v) is 2.23. The quantitative estimate of drug-likeness (QED) is 0.522. The molecule has 0 unspecified atom stereocenters. The van der Waals surface area contributed by atoms with E-state index < -0.39 is 0 Å². The van der Waals surface area contributed by atoms with Crippen molar-refractivity contribution in [2.45, 2.75) is 42.0 Å². The smallest absolute Gasteiger partial charge is 0.0398 e. The molecular formula is C12H24. The molecule has 0 aliphatic heterocycles. The molecule has 0 heterocycles. The van der Waals surface area contributed by atoms with E-state index in [9.17, 15) is 0 Å². The third-order valence-corrected chi connectivity index (χ3v) is 0.904.